The largest absolute Gasteiger partial charge is 0.469 e. The van der Waals surface area contributed by atoms with Crippen LogP contribution in [-0.4, -0.2) is 74.0 Å². The van der Waals surface area contributed by atoms with Crippen molar-refractivity contribution in [1.29, 1.82) is 0 Å². The van der Waals surface area contributed by atoms with Crippen molar-refractivity contribution in [2.45, 2.75) is 104 Å². The molecule has 8 nitrogen and oxygen atoms in total. The van der Waals surface area contributed by atoms with E-state index in [0.29, 0.717) is 26.2 Å². The van der Waals surface area contributed by atoms with E-state index in [1.54, 1.807) is 9.80 Å². The summed E-state index contributed by atoms with van der Waals surface area (Å²) in [7, 11) is 2.59. The van der Waals surface area contributed by atoms with E-state index in [-0.39, 0.29) is 24.7 Å². The average Bonchev–Trinajstić information content (AvgIpc) is 2.83. The molecule has 0 fully saturated rings. The highest BCUT2D eigenvalue weighted by atomic mass is 16.5. The van der Waals surface area contributed by atoms with Gasteiger partial charge in [0, 0.05) is 26.2 Å². The number of nitrogens with zero attached hydrogens (tertiary/aromatic N) is 2. The number of hydrogen-bond acceptors (Lipinski definition) is 6. The van der Waals surface area contributed by atoms with Crippen LogP contribution in [0.15, 0.2) is 0 Å². The third kappa shape index (κ3) is 16.5. The SMILES string of the molecule is CCCCCCN(CCCCCCN(CCCCCC)C(=O)CC(=O)OC)C(=O)CC(=O)OC. The molecule has 0 radical (unpaired) electrons. The smallest absolute Gasteiger partial charge is 0.315 e. The van der Waals surface area contributed by atoms with E-state index in [4.69, 9.17) is 0 Å². The summed E-state index contributed by atoms with van der Waals surface area (Å²) < 4.78 is 9.28. The predicted octanol–water partition coefficient (Wildman–Crippen LogP) is 4.49. The van der Waals surface area contributed by atoms with Gasteiger partial charge in [-0.3, -0.25) is 19.2 Å². The van der Waals surface area contributed by atoms with Crippen LogP contribution in [0.25, 0.3) is 0 Å². The Kier molecular flexibility index (Phi) is 20.1. The number of esters is 2. The molecule has 0 spiro atoms. The Morgan fingerprint density at radius 1 is 0.500 bits per heavy atom. The average molecular weight is 485 g/mol. The maximum atomic E-state index is 12.5. The Morgan fingerprint density at radius 2 is 0.794 bits per heavy atom. The van der Waals surface area contributed by atoms with Crippen LogP contribution < -0.4 is 0 Å². The fraction of sp³-hybridized carbons (Fsp3) is 0.846. The molecule has 8 heteroatoms. The Labute approximate surface area is 206 Å². The van der Waals surface area contributed by atoms with Gasteiger partial charge in [0.2, 0.25) is 11.8 Å². The molecule has 0 aliphatic carbocycles. The van der Waals surface area contributed by atoms with Crippen LogP contribution in [0.2, 0.25) is 0 Å². The number of hydrogen-bond donors (Lipinski definition) is 0. The third-order valence-corrected chi connectivity index (χ3v) is 5.92. The van der Waals surface area contributed by atoms with Crippen molar-refractivity contribution in [1.82, 2.24) is 9.80 Å². The zero-order chi connectivity index (χ0) is 25.6. The molecule has 34 heavy (non-hydrogen) atoms. The lowest BCUT2D eigenvalue weighted by Gasteiger charge is -2.23. The van der Waals surface area contributed by atoms with Crippen LogP contribution in [0, 0.1) is 0 Å². The molecular weight excluding hydrogens is 436 g/mol. The van der Waals surface area contributed by atoms with E-state index < -0.39 is 11.9 Å². The monoisotopic (exact) mass is 484 g/mol. The Balaban J connectivity index is 4.49. The maximum absolute atomic E-state index is 12.5. The minimum absolute atomic E-state index is 0.171. The number of rotatable bonds is 21. The van der Waals surface area contributed by atoms with Gasteiger partial charge in [0.15, 0.2) is 0 Å². The zero-order valence-electron chi connectivity index (χ0n) is 22.1. The third-order valence-electron chi connectivity index (χ3n) is 5.92. The standard InChI is InChI=1S/C26H48N2O6/c1-5-7-9-13-17-27(23(29)21-25(31)33-3)19-15-11-12-16-20-28(18-14-10-8-6-2)24(30)22-26(32)34-4/h5-22H2,1-4H3. The van der Waals surface area contributed by atoms with Crippen LogP contribution in [0.3, 0.4) is 0 Å². The summed E-state index contributed by atoms with van der Waals surface area (Å²) in [6.07, 6.45) is 11.7. The molecule has 0 atom stereocenters. The van der Waals surface area contributed by atoms with Gasteiger partial charge in [-0.15, -0.1) is 0 Å². The highest BCUT2D eigenvalue weighted by Gasteiger charge is 2.18. The van der Waals surface area contributed by atoms with Gasteiger partial charge in [-0.2, -0.15) is 0 Å². The number of ether oxygens (including phenoxy) is 2. The Morgan fingerprint density at radius 3 is 1.06 bits per heavy atom. The molecule has 0 unspecified atom stereocenters. The molecule has 0 aromatic rings. The topological polar surface area (TPSA) is 93.2 Å². The van der Waals surface area contributed by atoms with Gasteiger partial charge in [-0.1, -0.05) is 65.2 Å². The Hall–Kier alpha value is -2.12. The number of carbonyl (C=O) groups is 4. The molecule has 0 aliphatic heterocycles. The molecular formula is C26H48N2O6. The van der Waals surface area contributed by atoms with Gasteiger partial charge in [0.05, 0.1) is 14.2 Å². The fourth-order valence-corrected chi connectivity index (χ4v) is 3.76. The minimum Gasteiger partial charge on any atom is -0.469 e. The van der Waals surface area contributed by atoms with Crippen molar-refractivity contribution < 1.29 is 28.7 Å². The van der Waals surface area contributed by atoms with Crippen LogP contribution >= 0.6 is 0 Å². The molecule has 0 saturated heterocycles. The van der Waals surface area contributed by atoms with E-state index >= 15 is 0 Å². The number of unbranched alkanes of at least 4 members (excludes halogenated alkanes) is 9. The molecule has 0 aromatic heterocycles. The summed E-state index contributed by atoms with van der Waals surface area (Å²) in [5.41, 5.74) is 0. The van der Waals surface area contributed by atoms with Crippen LogP contribution in [-0.2, 0) is 28.7 Å². The van der Waals surface area contributed by atoms with Gasteiger partial charge in [0.25, 0.3) is 0 Å². The summed E-state index contributed by atoms with van der Waals surface area (Å²) in [6, 6.07) is 0. The van der Waals surface area contributed by atoms with Gasteiger partial charge in [0.1, 0.15) is 12.8 Å². The van der Waals surface area contributed by atoms with Crippen molar-refractivity contribution in [3.8, 4) is 0 Å². The van der Waals surface area contributed by atoms with Crippen molar-refractivity contribution in [3.63, 3.8) is 0 Å². The van der Waals surface area contributed by atoms with Crippen molar-refractivity contribution in [2.24, 2.45) is 0 Å². The number of methoxy groups -OCH3 is 2. The zero-order valence-corrected chi connectivity index (χ0v) is 22.1. The van der Waals surface area contributed by atoms with Crippen LogP contribution in [0.1, 0.15) is 104 Å². The number of carbonyl (C=O) groups excluding carboxylic acids is 4. The molecule has 0 aromatic carbocycles. The van der Waals surface area contributed by atoms with Crippen molar-refractivity contribution >= 4 is 23.8 Å². The van der Waals surface area contributed by atoms with E-state index in [1.807, 2.05) is 0 Å². The molecule has 0 aliphatic rings. The van der Waals surface area contributed by atoms with Crippen LogP contribution in [0.4, 0.5) is 0 Å². The second-order valence-corrected chi connectivity index (χ2v) is 8.80. The summed E-state index contributed by atoms with van der Waals surface area (Å²) in [5.74, 6) is -1.34. The summed E-state index contributed by atoms with van der Waals surface area (Å²) >= 11 is 0. The molecule has 0 N–H and O–H groups in total. The highest BCUT2D eigenvalue weighted by molar-refractivity contribution is 5.94. The molecule has 0 heterocycles. The second-order valence-electron chi connectivity index (χ2n) is 8.80. The maximum Gasteiger partial charge on any atom is 0.315 e. The van der Waals surface area contributed by atoms with Gasteiger partial charge < -0.3 is 19.3 Å². The molecule has 2 amide bonds. The first-order valence-corrected chi connectivity index (χ1v) is 13.1. The van der Waals surface area contributed by atoms with Gasteiger partial charge in [-0.05, 0) is 25.7 Å². The summed E-state index contributed by atoms with van der Waals surface area (Å²) in [4.78, 5) is 51.5. The van der Waals surface area contributed by atoms with Gasteiger partial charge >= 0.3 is 11.9 Å². The quantitative estimate of drug-likeness (QED) is 0.135. The first-order valence-electron chi connectivity index (χ1n) is 13.1. The first-order chi connectivity index (χ1) is 16.4. The van der Waals surface area contributed by atoms with Crippen molar-refractivity contribution in [3.05, 3.63) is 0 Å². The highest BCUT2D eigenvalue weighted by Crippen LogP contribution is 2.10. The Bertz CT molecular complexity index is 532. The lowest BCUT2D eigenvalue weighted by Crippen LogP contribution is -2.35. The van der Waals surface area contributed by atoms with E-state index in [9.17, 15) is 19.2 Å². The normalized spacial score (nSPS) is 10.6. The van der Waals surface area contributed by atoms with E-state index in [1.165, 1.54) is 14.2 Å². The molecule has 0 saturated carbocycles. The molecule has 198 valence electrons. The van der Waals surface area contributed by atoms with Gasteiger partial charge in [-0.25, -0.2) is 0 Å². The lowest BCUT2D eigenvalue weighted by atomic mass is 10.1. The fourth-order valence-electron chi connectivity index (χ4n) is 3.76. The van der Waals surface area contributed by atoms with E-state index in [2.05, 4.69) is 23.3 Å². The number of amides is 2. The lowest BCUT2D eigenvalue weighted by molar-refractivity contribution is -0.148. The summed E-state index contributed by atoms with van der Waals surface area (Å²) in [6.45, 7) is 6.89. The van der Waals surface area contributed by atoms with Crippen LogP contribution in [0.5, 0.6) is 0 Å². The summed E-state index contributed by atoms with van der Waals surface area (Å²) in [5, 5.41) is 0. The van der Waals surface area contributed by atoms with Crippen molar-refractivity contribution in [2.75, 3.05) is 40.4 Å². The van der Waals surface area contributed by atoms with E-state index in [0.717, 1.165) is 77.0 Å². The molecule has 0 bridgehead atoms. The molecule has 0 rings (SSSR count). The predicted molar refractivity (Wildman–Crippen MR) is 133 cm³/mol. The first kappa shape index (κ1) is 31.9. The minimum atomic E-state index is -0.501. The second kappa shape index (κ2) is 21.4.